The molecular formula is C28H32N6O. The third kappa shape index (κ3) is 4.50. The van der Waals surface area contributed by atoms with E-state index in [9.17, 15) is 0 Å². The Kier molecular flexibility index (Phi) is 6.49. The summed E-state index contributed by atoms with van der Waals surface area (Å²) in [5.74, 6) is 2.97. The highest BCUT2D eigenvalue weighted by Crippen LogP contribution is 2.41. The van der Waals surface area contributed by atoms with Crippen LogP contribution in [0.1, 0.15) is 51.5 Å². The van der Waals surface area contributed by atoms with Gasteiger partial charge in [-0.05, 0) is 43.9 Å². The van der Waals surface area contributed by atoms with Crippen molar-refractivity contribution in [2.24, 2.45) is 0 Å². The zero-order chi connectivity index (χ0) is 24.4. The molecule has 2 N–H and O–H groups in total. The maximum Gasteiger partial charge on any atom is 0.161 e. The van der Waals surface area contributed by atoms with Crippen LogP contribution in [0.15, 0.2) is 60.8 Å². The fourth-order valence-electron chi connectivity index (χ4n) is 5.24. The standard InChI is InChI=1S/C28H32N6O/c1-3-24-26(30)33(19(2)29)25-17-31-27(32-28(25)34(24)22-13-7-8-14-22)21-12-9-15-23(16-21)35-18-20-10-5-4-6-11-20/h4-6,9-12,15-17,22,24,29-30H,3,7-8,13-14,18H2,1-2H3. The van der Waals surface area contributed by atoms with Crippen LogP contribution in [0.5, 0.6) is 5.75 Å². The van der Waals surface area contributed by atoms with Gasteiger partial charge in [0.25, 0.3) is 0 Å². The third-order valence-corrected chi connectivity index (χ3v) is 6.91. The second kappa shape index (κ2) is 9.86. The molecule has 35 heavy (non-hydrogen) atoms. The Morgan fingerprint density at radius 1 is 1.09 bits per heavy atom. The SMILES string of the molecule is CCC1C(=N)N(C(C)=N)c2cnc(-c3cccc(OCc4ccccc4)c3)nc2N1C1CCCC1. The smallest absolute Gasteiger partial charge is 0.161 e. The predicted molar refractivity (Wildman–Crippen MR) is 141 cm³/mol. The number of fused-ring (bicyclic) bond motifs is 1. The molecule has 2 aliphatic rings. The number of nitrogens with one attached hydrogen (secondary N) is 2. The molecule has 1 aromatic heterocycles. The van der Waals surface area contributed by atoms with Crippen molar-refractivity contribution < 1.29 is 4.74 Å². The van der Waals surface area contributed by atoms with E-state index in [1.54, 1.807) is 18.0 Å². The largest absolute Gasteiger partial charge is 0.489 e. The molecule has 0 saturated heterocycles. The average Bonchev–Trinajstić information content (AvgIpc) is 3.41. The molecule has 0 spiro atoms. The first-order valence-electron chi connectivity index (χ1n) is 12.4. The second-order valence-corrected chi connectivity index (χ2v) is 9.28. The summed E-state index contributed by atoms with van der Waals surface area (Å²) in [4.78, 5) is 13.8. The lowest BCUT2D eigenvalue weighted by Crippen LogP contribution is -2.57. The van der Waals surface area contributed by atoms with Gasteiger partial charge in [0.1, 0.15) is 29.7 Å². The topological polar surface area (TPSA) is 89.2 Å². The molecule has 1 atom stereocenters. The van der Waals surface area contributed by atoms with Crippen LogP contribution in [0.25, 0.3) is 11.4 Å². The number of nitrogens with zero attached hydrogens (tertiary/aromatic N) is 4. The van der Waals surface area contributed by atoms with Gasteiger partial charge in [0.05, 0.1) is 12.2 Å². The lowest BCUT2D eigenvalue weighted by atomic mass is 10.0. The first-order chi connectivity index (χ1) is 17.1. The van der Waals surface area contributed by atoms with Crippen LogP contribution in [0.2, 0.25) is 0 Å². The van der Waals surface area contributed by atoms with Crippen molar-refractivity contribution in [3.8, 4) is 17.1 Å². The van der Waals surface area contributed by atoms with E-state index in [-0.39, 0.29) is 6.04 Å². The summed E-state index contributed by atoms with van der Waals surface area (Å²) in [7, 11) is 0. The first kappa shape index (κ1) is 23.0. The highest BCUT2D eigenvalue weighted by molar-refractivity contribution is 6.21. The van der Waals surface area contributed by atoms with Crippen LogP contribution in [0.3, 0.4) is 0 Å². The fourth-order valence-corrected chi connectivity index (χ4v) is 5.24. The Hall–Kier alpha value is -3.74. The average molecular weight is 469 g/mol. The Labute approximate surface area is 206 Å². The molecule has 1 aliphatic carbocycles. The van der Waals surface area contributed by atoms with E-state index >= 15 is 0 Å². The molecule has 2 heterocycles. The van der Waals surface area contributed by atoms with E-state index in [1.165, 1.54) is 12.8 Å². The maximum absolute atomic E-state index is 8.89. The summed E-state index contributed by atoms with van der Waals surface area (Å²) in [5.41, 5.74) is 2.72. The minimum Gasteiger partial charge on any atom is -0.489 e. The van der Waals surface area contributed by atoms with Crippen LogP contribution in [-0.4, -0.2) is 33.7 Å². The Morgan fingerprint density at radius 3 is 2.57 bits per heavy atom. The molecule has 180 valence electrons. The normalized spacial score (nSPS) is 18.0. The van der Waals surface area contributed by atoms with Gasteiger partial charge in [-0.15, -0.1) is 0 Å². The van der Waals surface area contributed by atoms with Gasteiger partial charge in [0.2, 0.25) is 0 Å². The van der Waals surface area contributed by atoms with E-state index in [4.69, 9.17) is 20.5 Å². The van der Waals surface area contributed by atoms with Gasteiger partial charge in [0, 0.05) is 11.6 Å². The van der Waals surface area contributed by atoms with Crippen LogP contribution in [0, 0.1) is 10.8 Å². The minimum absolute atomic E-state index is 0.103. The number of amidine groups is 2. The van der Waals surface area contributed by atoms with Crippen LogP contribution in [0.4, 0.5) is 11.5 Å². The molecule has 5 rings (SSSR count). The molecule has 2 aromatic carbocycles. The monoisotopic (exact) mass is 468 g/mol. The van der Waals surface area contributed by atoms with Gasteiger partial charge >= 0.3 is 0 Å². The zero-order valence-corrected chi connectivity index (χ0v) is 20.4. The predicted octanol–water partition coefficient (Wildman–Crippen LogP) is 6.04. The van der Waals surface area contributed by atoms with E-state index in [2.05, 4.69) is 16.8 Å². The number of aromatic nitrogens is 2. The summed E-state index contributed by atoms with van der Waals surface area (Å²) >= 11 is 0. The molecular weight excluding hydrogens is 436 g/mol. The molecule has 1 fully saturated rings. The molecule has 3 aromatic rings. The second-order valence-electron chi connectivity index (χ2n) is 9.28. The molecule has 0 bridgehead atoms. The van der Waals surface area contributed by atoms with Gasteiger partial charge in [-0.2, -0.15) is 0 Å². The van der Waals surface area contributed by atoms with Crippen molar-refractivity contribution >= 4 is 23.2 Å². The van der Waals surface area contributed by atoms with Crippen LogP contribution in [-0.2, 0) is 6.61 Å². The van der Waals surface area contributed by atoms with Crippen molar-refractivity contribution in [1.29, 1.82) is 10.8 Å². The van der Waals surface area contributed by atoms with Gasteiger partial charge in [0.15, 0.2) is 11.6 Å². The first-order valence-corrected chi connectivity index (χ1v) is 12.4. The van der Waals surface area contributed by atoms with Crippen LogP contribution < -0.4 is 14.5 Å². The maximum atomic E-state index is 8.89. The van der Waals surface area contributed by atoms with Gasteiger partial charge in [-0.3, -0.25) is 15.7 Å². The molecule has 0 radical (unpaired) electrons. The van der Waals surface area contributed by atoms with Gasteiger partial charge in [-0.1, -0.05) is 62.2 Å². The minimum atomic E-state index is -0.103. The number of hydrogen-bond acceptors (Lipinski definition) is 6. The highest BCUT2D eigenvalue weighted by Gasteiger charge is 2.41. The molecule has 1 saturated carbocycles. The quantitative estimate of drug-likeness (QED) is 0.340. The molecule has 1 aliphatic heterocycles. The van der Waals surface area contributed by atoms with Crippen molar-refractivity contribution in [3.63, 3.8) is 0 Å². The lowest BCUT2D eigenvalue weighted by molar-refractivity contribution is 0.306. The lowest BCUT2D eigenvalue weighted by Gasteiger charge is -2.46. The fraction of sp³-hybridized carbons (Fsp3) is 0.357. The van der Waals surface area contributed by atoms with Crippen molar-refractivity contribution in [1.82, 2.24) is 9.97 Å². The summed E-state index contributed by atoms with van der Waals surface area (Å²) in [6.07, 6.45) is 7.18. The van der Waals surface area contributed by atoms with E-state index in [0.29, 0.717) is 30.1 Å². The highest BCUT2D eigenvalue weighted by atomic mass is 16.5. The van der Waals surface area contributed by atoms with Crippen molar-refractivity contribution in [3.05, 3.63) is 66.4 Å². The van der Waals surface area contributed by atoms with E-state index in [1.807, 2.05) is 54.6 Å². The molecule has 0 amide bonds. The van der Waals surface area contributed by atoms with Crippen molar-refractivity contribution in [2.45, 2.75) is 64.6 Å². The molecule has 1 unspecified atom stereocenters. The van der Waals surface area contributed by atoms with Gasteiger partial charge in [-0.25, -0.2) is 9.97 Å². The Bertz CT molecular complexity index is 1220. The molecule has 7 nitrogen and oxygen atoms in total. The number of rotatable bonds is 6. The van der Waals surface area contributed by atoms with E-state index in [0.717, 1.165) is 47.6 Å². The third-order valence-electron chi connectivity index (χ3n) is 6.91. The van der Waals surface area contributed by atoms with Gasteiger partial charge < -0.3 is 9.64 Å². The van der Waals surface area contributed by atoms with E-state index < -0.39 is 0 Å². The number of benzene rings is 2. The summed E-state index contributed by atoms with van der Waals surface area (Å²) in [5, 5.41) is 17.2. The van der Waals surface area contributed by atoms with Crippen LogP contribution >= 0.6 is 0 Å². The Balaban J connectivity index is 1.51. The zero-order valence-electron chi connectivity index (χ0n) is 20.4. The summed E-state index contributed by atoms with van der Waals surface area (Å²) in [6.45, 7) is 4.33. The molecule has 7 heteroatoms. The Morgan fingerprint density at radius 2 is 1.86 bits per heavy atom. The summed E-state index contributed by atoms with van der Waals surface area (Å²) < 4.78 is 6.04. The number of anilines is 2. The number of ether oxygens (including phenoxy) is 1. The summed E-state index contributed by atoms with van der Waals surface area (Å²) in [6, 6.07) is 18.3. The number of hydrogen-bond donors (Lipinski definition) is 2. The van der Waals surface area contributed by atoms with Crippen molar-refractivity contribution in [2.75, 3.05) is 9.80 Å².